The molecule has 0 spiro atoms. The Morgan fingerprint density at radius 1 is 1.17 bits per heavy atom. The maximum Gasteiger partial charge on any atom is 0.00387 e. The summed E-state index contributed by atoms with van der Waals surface area (Å²) in [5, 5.41) is 0. The van der Waals surface area contributed by atoms with Crippen LogP contribution in [0.5, 0.6) is 0 Å². The van der Waals surface area contributed by atoms with E-state index in [1.165, 1.54) is 32.1 Å². The average molecular weight is 171 g/mol. The highest BCUT2D eigenvalue weighted by Gasteiger charge is 2.10. The van der Waals surface area contributed by atoms with Gasteiger partial charge in [-0.1, -0.05) is 40.5 Å². The van der Waals surface area contributed by atoms with Crippen molar-refractivity contribution in [3.63, 3.8) is 0 Å². The molecule has 1 atom stereocenters. The van der Waals surface area contributed by atoms with E-state index in [2.05, 4.69) is 27.7 Å². The van der Waals surface area contributed by atoms with E-state index in [4.69, 9.17) is 5.73 Å². The molecule has 0 saturated carbocycles. The Kier molecular flexibility index (Phi) is 5.56. The predicted molar refractivity (Wildman–Crippen MR) is 56.2 cm³/mol. The molecule has 1 unspecified atom stereocenters. The van der Waals surface area contributed by atoms with E-state index in [9.17, 15) is 0 Å². The van der Waals surface area contributed by atoms with Crippen molar-refractivity contribution in [3.05, 3.63) is 0 Å². The minimum absolute atomic E-state index is 0.442. The van der Waals surface area contributed by atoms with Gasteiger partial charge in [0.05, 0.1) is 0 Å². The molecule has 0 rings (SSSR count). The monoisotopic (exact) mass is 171 g/mol. The maximum absolute atomic E-state index is 5.91. The Hall–Kier alpha value is -0.0400. The predicted octanol–water partition coefficient (Wildman–Crippen LogP) is 3.33. The van der Waals surface area contributed by atoms with Crippen molar-refractivity contribution in [1.29, 1.82) is 0 Å². The molecule has 1 nitrogen and oxygen atoms in total. The van der Waals surface area contributed by atoms with Gasteiger partial charge in [-0.05, 0) is 24.7 Å². The summed E-state index contributed by atoms with van der Waals surface area (Å²) >= 11 is 0. The highest BCUT2D eigenvalue weighted by molar-refractivity contribution is 4.65. The summed E-state index contributed by atoms with van der Waals surface area (Å²) < 4.78 is 0. The molecule has 74 valence electrons. The lowest BCUT2D eigenvalue weighted by molar-refractivity contribution is 0.350. The van der Waals surface area contributed by atoms with Crippen molar-refractivity contribution < 1.29 is 0 Å². The highest BCUT2D eigenvalue weighted by Crippen LogP contribution is 2.22. The maximum atomic E-state index is 5.91. The van der Waals surface area contributed by atoms with Gasteiger partial charge in [-0.15, -0.1) is 0 Å². The highest BCUT2D eigenvalue weighted by atomic mass is 14.6. The first-order chi connectivity index (χ1) is 5.45. The van der Waals surface area contributed by atoms with Gasteiger partial charge in [0.2, 0.25) is 0 Å². The Labute approximate surface area is 77.7 Å². The molecule has 0 fully saturated rings. The van der Waals surface area contributed by atoms with Crippen LogP contribution in [0.2, 0.25) is 0 Å². The molecule has 0 bridgehead atoms. The Morgan fingerprint density at radius 3 is 2.17 bits per heavy atom. The first-order valence-corrected chi connectivity index (χ1v) is 5.21. The van der Waals surface area contributed by atoms with Crippen molar-refractivity contribution in [2.45, 2.75) is 65.8 Å². The third-order valence-electron chi connectivity index (χ3n) is 2.16. The van der Waals surface area contributed by atoms with E-state index in [0.29, 0.717) is 11.5 Å². The summed E-state index contributed by atoms with van der Waals surface area (Å²) in [5.41, 5.74) is 6.39. The number of hydrogen-bond acceptors (Lipinski definition) is 1. The number of nitrogens with two attached hydrogens (primary N) is 1. The molecule has 1 heteroatoms. The van der Waals surface area contributed by atoms with Gasteiger partial charge in [0.15, 0.2) is 0 Å². The topological polar surface area (TPSA) is 26.0 Å². The van der Waals surface area contributed by atoms with Crippen LogP contribution in [-0.2, 0) is 0 Å². The van der Waals surface area contributed by atoms with E-state index < -0.39 is 0 Å². The van der Waals surface area contributed by atoms with Crippen molar-refractivity contribution in [3.8, 4) is 0 Å². The summed E-state index contributed by atoms with van der Waals surface area (Å²) in [5.74, 6) is 0. The van der Waals surface area contributed by atoms with E-state index in [1.807, 2.05) is 0 Å². The Balaban J connectivity index is 3.31. The second-order valence-corrected chi connectivity index (χ2v) is 5.00. The molecule has 0 aliphatic rings. The fourth-order valence-corrected chi connectivity index (χ4v) is 1.41. The van der Waals surface area contributed by atoms with Gasteiger partial charge in [-0.25, -0.2) is 0 Å². The molecule has 0 aliphatic heterocycles. The fraction of sp³-hybridized carbons (Fsp3) is 1.00. The first kappa shape index (κ1) is 12.0. The second kappa shape index (κ2) is 5.58. The number of hydrogen-bond donors (Lipinski definition) is 1. The van der Waals surface area contributed by atoms with Gasteiger partial charge in [0.25, 0.3) is 0 Å². The molecule has 0 saturated heterocycles. The normalized spacial score (nSPS) is 14.8. The Bertz CT molecular complexity index is 102. The van der Waals surface area contributed by atoms with Gasteiger partial charge < -0.3 is 5.73 Å². The zero-order valence-corrected chi connectivity index (χ0v) is 9.19. The third-order valence-corrected chi connectivity index (χ3v) is 2.16. The van der Waals surface area contributed by atoms with E-state index in [1.54, 1.807) is 0 Å². The summed E-state index contributed by atoms with van der Waals surface area (Å²) in [6.07, 6.45) is 6.18. The summed E-state index contributed by atoms with van der Waals surface area (Å²) in [6.45, 7) is 9.07. The van der Waals surface area contributed by atoms with Crippen LogP contribution in [-0.4, -0.2) is 6.04 Å². The van der Waals surface area contributed by atoms with Crippen molar-refractivity contribution in [2.24, 2.45) is 11.1 Å². The molecule has 2 N–H and O–H groups in total. The molecule has 0 aromatic heterocycles. The molecule has 0 aromatic rings. The lowest BCUT2D eigenvalue weighted by Crippen LogP contribution is -2.20. The van der Waals surface area contributed by atoms with E-state index in [-0.39, 0.29) is 0 Å². The van der Waals surface area contributed by atoms with Crippen LogP contribution in [0.3, 0.4) is 0 Å². The van der Waals surface area contributed by atoms with Crippen LogP contribution in [0.25, 0.3) is 0 Å². The van der Waals surface area contributed by atoms with Gasteiger partial charge in [-0.3, -0.25) is 0 Å². The van der Waals surface area contributed by atoms with Gasteiger partial charge in [-0.2, -0.15) is 0 Å². The quantitative estimate of drug-likeness (QED) is 0.674. The van der Waals surface area contributed by atoms with Gasteiger partial charge in [0, 0.05) is 6.04 Å². The molecule has 0 aliphatic carbocycles. The van der Waals surface area contributed by atoms with Crippen molar-refractivity contribution >= 4 is 0 Å². The second-order valence-electron chi connectivity index (χ2n) is 5.00. The largest absolute Gasteiger partial charge is 0.328 e. The van der Waals surface area contributed by atoms with Gasteiger partial charge >= 0.3 is 0 Å². The van der Waals surface area contributed by atoms with Crippen LogP contribution in [0.15, 0.2) is 0 Å². The zero-order chi connectivity index (χ0) is 9.61. The van der Waals surface area contributed by atoms with Crippen LogP contribution in [0.1, 0.15) is 59.8 Å². The van der Waals surface area contributed by atoms with Crippen LogP contribution in [0, 0.1) is 5.41 Å². The molecule has 0 amide bonds. The average Bonchev–Trinajstić information content (AvgIpc) is 1.84. The Morgan fingerprint density at radius 2 is 1.75 bits per heavy atom. The first-order valence-electron chi connectivity index (χ1n) is 5.21. The SMILES string of the molecule is CCCC(N)CCCC(C)(C)C. The van der Waals surface area contributed by atoms with Crippen molar-refractivity contribution in [1.82, 2.24) is 0 Å². The standard InChI is InChI=1S/C11H25N/c1-5-7-10(12)8-6-9-11(2,3)4/h10H,5-9,12H2,1-4H3. The minimum atomic E-state index is 0.442. The van der Waals surface area contributed by atoms with E-state index in [0.717, 1.165) is 0 Å². The zero-order valence-electron chi connectivity index (χ0n) is 9.19. The molecular weight excluding hydrogens is 146 g/mol. The molecule has 0 heterocycles. The number of rotatable bonds is 5. The van der Waals surface area contributed by atoms with Crippen LogP contribution < -0.4 is 5.73 Å². The van der Waals surface area contributed by atoms with E-state index >= 15 is 0 Å². The summed E-state index contributed by atoms with van der Waals surface area (Å²) in [6, 6.07) is 0.442. The summed E-state index contributed by atoms with van der Waals surface area (Å²) in [7, 11) is 0. The summed E-state index contributed by atoms with van der Waals surface area (Å²) in [4.78, 5) is 0. The van der Waals surface area contributed by atoms with Crippen LogP contribution in [0.4, 0.5) is 0 Å². The lowest BCUT2D eigenvalue weighted by atomic mass is 9.89. The fourth-order valence-electron chi connectivity index (χ4n) is 1.41. The smallest absolute Gasteiger partial charge is 0.00387 e. The molecular formula is C11H25N. The molecule has 0 aromatic carbocycles. The molecule has 12 heavy (non-hydrogen) atoms. The minimum Gasteiger partial charge on any atom is -0.328 e. The molecule has 0 radical (unpaired) electrons. The third kappa shape index (κ3) is 8.06. The lowest BCUT2D eigenvalue weighted by Gasteiger charge is -2.19. The van der Waals surface area contributed by atoms with Crippen molar-refractivity contribution in [2.75, 3.05) is 0 Å². The van der Waals surface area contributed by atoms with Crippen LogP contribution >= 0.6 is 0 Å². The van der Waals surface area contributed by atoms with Gasteiger partial charge in [0.1, 0.15) is 0 Å².